The van der Waals surface area contributed by atoms with Crippen molar-refractivity contribution in [2.45, 2.75) is 40.2 Å². The number of amides is 2. The Labute approximate surface area is 270 Å². The summed E-state index contributed by atoms with van der Waals surface area (Å²) in [5.74, 6) is 2.03. The number of carbonyl (C=O) groups is 1. The van der Waals surface area contributed by atoms with Gasteiger partial charge in [-0.25, -0.2) is 14.7 Å². The van der Waals surface area contributed by atoms with E-state index in [2.05, 4.69) is 40.3 Å². The van der Waals surface area contributed by atoms with E-state index in [1.165, 1.54) is 11.1 Å². The molecule has 6 rings (SSSR count). The van der Waals surface area contributed by atoms with Crippen molar-refractivity contribution in [3.63, 3.8) is 0 Å². The Morgan fingerprint density at radius 2 is 1.72 bits per heavy atom. The molecule has 2 aliphatic rings. The first-order chi connectivity index (χ1) is 22.4. The Balaban J connectivity index is 1.29. The van der Waals surface area contributed by atoms with Crippen molar-refractivity contribution in [3.05, 3.63) is 88.6 Å². The Bertz CT molecular complexity index is 1700. The van der Waals surface area contributed by atoms with Crippen LogP contribution in [0.3, 0.4) is 0 Å². The van der Waals surface area contributed by atoms with Gasteiger partial charge in [-0.05, 0) is 86.7 Å². The Hall–Kier alpha value is -4.67. The first-order valence-corrected chi connectivity index (χ1v) is 15.8. The quantitative estimate of drug-likeness (QED) is 0.209. The van der Waals surface area contributed by atoms with E-state index in [1.54, 1.807) is 36.3 Å². The SMILES string of the molecule is COc1ccc(N2C(=O)N(c3c(C)cccc3C)Cc3cnc(Nc4ccc(CCCN5CCOCC5)c(C)c4)nc32)c(OC)c1. The fraction of sp³-hybridized carbons (Fsp3) is 0.361. The highest BCUT2D eigenvalue weighted by atomic mass is 16.5. The number of urea groups is 1. The molecule has 0 radical (unpaired) electrons. The first kappa shape index (κ1) is 31.3. The van der Waals surface area contributed by atoms with E-state index >= 15 is 0 Å². The van der Waals surface area contributed by atoms with Gasteiger partial charge in [-0.1, -0.05) is 24.3 Å². The van der Waals surface area contributed by atoms with Gasteiger partial charge < -0.3 is 19.5 Å². The number of morpholine rings is 1. The second-order valence-electron chi connectivity index (χ2n) is 11.8. The zero-order valence-electron chi connectivity index (χ0n) is 27.3. The van der Waals surface area contributed by atoms with Gasteiger partial charge in [-0.3, -0.25) is 9.80 Å². The van der Waals surface area contributed by atoms with E-state index in [-0.39, 0.29) is 6.03 Å². The molecule has 0 saturated carbocycles. The van der Waals surface area contributed by atoms with Gasteiger partial charge in [0.1, 0.15) is 11.5 Å². The second-order valence-corrected chi connectivity index (χ2v) is 11.8. The number of benzene rings is 3. The number of carbonyl (C=O) groups excluding carboxylic acids is 1. The van der Waals surface area contributed by atoms with Crippen molar-refractivity contribution in [2.24, 2.45) is 0 Å². The molecule has 0 atom stereocenters. The van der Waals surface area contributed by atoms with Crippen LogP contribution in [0.25, 0.3) is 0 Å². The minimum atomic E-state index is -0.227. The molecule has 3 aromatic carbocycles. The molecule has 2 aliphatic heterocycles. The molecule has 1 saturated heterocycles. The summed E-state index contributed by atoms with van der Waals surface area (Å²) < 4.78 is 16.6. The van der Waals surface area contributed by atoms with Crippen LogP contribution in [0.5, 0.6) is 11.5 Å². The number of nitrogens with zero attached hydrogens (tertiary/aromatic N) is 5. The fourth-order valence-electron chi connectivity index (χ4n) is 6.31. The summed E-state index contributed by atoms with van der Waals surface area (Å²) >= 11 is 0. The molecule has 2 amide bonds. The lowest BCUT2D eigenvalue weighted by Crippen LogP contribution is -2.46. The zero-order valence-corrected chi connectivity index (χ0v) is 27.3. The van der Waals surface area contributed by atoms with Gasteiger partial charge in [0, 0.05) is 36.6 Å². The molecule has 4 aromatic rings. The molecule has 1 fully saturated rings. The molecule has 0 unspecified atom stereocenters. The number of methoxy groups -OCH3 is 2. The van der Waals surface area contributed by atoms with Gasteiger partial charge in [0.05, 0.1) is 45.4 Å². The van der Waals surface area contributed by atoms with Crippen molar-refractivity contribution in [2.75, 3.05) is 62.2 Å². The van der Waals surface area contributed by atoms with Gasteiger partial charge in [0.15, 0.2) is 5.82 Å². The molecule has 10 heteroatoms. The van der Waals surface area contributed by atoms with Crippen molar-refractivity contribution in [1.29, 1.82) is 0 Å². The van der Waals surface area contributed by atoms with Crippen molar-refractivity contribution < 1.29 is 19.0 Å². The van der Waals surface area contributed by atoms with E-state index < -0.39 is 0 Å². The van der Waals surface area contributed by atoms with Crippen LogP contribution in [0.4, 0.5) is 33.6 Å². The summed E-state index contributed by atoms with van der Waals surface area (Å²) in [5.41, 5.74) is 7.72. The predicted molar refractivity (Wildman–Crippen MR) is 181 cm³/mol. The molecular weight excluding hydrogens is 580 g/mol. The van der Waals surface area contributed by atoms with E-state index in [0.717, 1.165) is 73.8 Å². The Morgan fingerprint density at radius 1 is 0.935 bits per heavy atom. The minimum absolute atomic E-state index is 0.227. The van der Waals surface area contributed by atoms with E-state index in [1.807, 2.05) is 44.2 Å². The number of hydrogen-bond donors (Lipinski definition) is 1. The van der Waals surface area contributed by atoms with Crippen LogP contribution < -0.4 is 24.6 Å². The fourth-order valence-corrected chi connectivity index (χ4v) is 6.31. The van der Waals surface area contributed by atoms with E-state index in [0.29, 0.717) is 35.5 Å². The lowest BCUT2D eigenvalue weighted by molar-refractivity contribution is 0.0374. The zero-order chi connectivity index (χ0) is 32.2. The van der Waals surface area contributed by atoms with Crippen LogP contribution in [-0.2, 0) is 17.7 Å². The van der Waals surface area contributed by atoms with Gasteiger partial charge >= 0.3 is 6.03 Å². The minimum Gasteiger partial charge on any atom is -0.497 e. The summed E-state index contributed by atoms with van der Waals surface area (Å²) in [5, 5.41) is 3.38. The highest BCUT2D eigenvalue weighted by Crippen LogP contribution is 2.42. The molecule has 0 bridgehead atoms. The number of aryl methyl sites for hydroxylation is 4. The number of ether oxygens (including phenoxy) is 3. The summed E-state index contributed by atoms with van der Waals surface area (Å²) in [7, 11) is 3.18. The molecule has 46 heavy (non-hydrogen) atoms. The summed E-state index contributed by atoms with van der Waals surface area (Å²) in [6.45, 7) is 11.3. The van der Waals surface area contributed by atoms with Crippen LogP contribution in [0.1, 0.15) is 34.2 Å². The maximum Gasteiger partial charge on any atom is 0.335 e. The summed E-state index contributed by atoms with van der Waals surface area (Å²) in [4.78, 5) is 29.9. The molecular formula is C36H42N6O4. The van der Waals surface area contributed by atoms with E-state index in [4.69, 9.17) is 19.2 Å². The number of fused-ring (bicyclic) bond motifs is 1. The topological polar surface area (TPSA) is 92.3 Å². The van der Waals surface area contributed by atoms with E-state index in [9.17, 15) is 4.79 Å². The molecule has 0 spiro atoms. The number of nitrogens with one attached hydrogen (secondary N) is 1. The molecule has 10 nitrogen and oxygen atoms in total. The van der Waals surface area contributed by atoms with Crippen molar-refractivity contribution in [1.82, 2.24) is 14.9 Å². The highest BCUT2D eigenvalue weighted by molar-refractivity contribution is 6.11. The molecule has 3 heterocycles. The number of anilines is 5. The lowest BCUT2D eigenvalue weighted by atomic mass is 10.0. The van der Waals surface area contributed by atoms with Crippen molar-refractivity contribution >= 4 is 34.9 Å². The number of aromatic nitrogens is 2. The van der Waals surface area contributed by atoms with Crippen LogP contribution in [-0.4, -0.2) is 68.0 Å². The van der Waals surface area contributed by atoms with Crippen molar-refractivity contribution in [3.8, 4) is 11.5 Å². The maximum atomic E-state index is 14.4. The third-order valence-corrected chi connectivity index (χ3v) is 8.76. The smallest absolute Gasteiger partial charge is 0.335 e. The van der Waals surface area contributed by atoms with Gasteiger partial charge in [0.2, 0.25) is 5.95 Å². The highest BCUT2D eigenvalue weighted by Gasteiger charge is 2.37. The average Bonchev–Trinajstić information content (AvgIpc) is 3.06. The molecule has 240 valence electrons. The number of rotatable bonds is 10. The summed E-state index contributed by atoms with van der Waals surface area (Å²) in [6, 6.07) is 17.6. The van der Waals surface area contributed by atoms with Crippen LogP contribution in [0.2, 0.25) is 0 Å². The van der Waals surface area contributed by atoms with Crippen LogP contribution in [0, 0.1) is 20.8 Å². The Kier molecular flexibility index (Phi) is 9.37. The number of para-hydroxylation sites is 1. The first-order valence-electron chi connectivity index (χ1n) is 15.8. The van der Waals surface area contributed by atoms with Gasteiger partial charge in [-0.15, -0.1) is 0 Å². The predicted octanol–water partition coefficient (Wildman–Crippen LogP) is 6.71. The largest absolute Gasteiger partial charge is 0.497 e. The maximum absolute atomic E-state index is 14.4. The molecule has 1 aromatic heterocycles. The lowest BCUT2D eigenvalue weighted by Gasteiger charge is -2.37. The third kappa shape index (κ3) is 6.49. The average molecular weight is 623 g/mol. The Morgan fingerprint density at radius 3 is 2.43 bits per heavy atom. The monoisotopic (exact) mass is 622 g/mol. The second kappa shape index (κ2) is 13.8. The van der Waals surface area contributed by atoms with Gasteiger partial charge in [0.25, 0.3) is 0 Å². The van der Waals surface area contributed by atoms with Crippen LogP contribution >= 0.6 is 0 Å². The van der Waals surface area contributed by atoms with Gasteiger partial charge in [-0.2, -0.15) is 4.98 Å². The number of hydrogen-bond acceptors (Lipinski definition) is 8. The third-order valence-electron chi connectivity index (χ3n) is 8.76. The molecule has 0 aliphatic carbocycles. The van der Waals surface area contributed by atoms with Crippen LogP contribution in [0.15, 0.2) is 60.8 Å². The standard InChI is InChI=1S/C36H42N6O4/c1-24-8-6-9-25(2)33(24)41-23-28-22-37-35(39-34(28)42(36(41)43)31-14-13-30(44-4)21-32(31)45-5)38-29-12-11-27(26(3)20-29)10-7-15-40-16-18-46-19-17-40/h6,8-9,11-14,20-22H,7,10,15-19,23H2,1-5H3,(H,37,38,39). The normalized spacial score (nSPS) is 15.1. The molecule has 1 N–H and O–H groups in total. The summed E-state index contributed by atoms with van der Waals surface area (Å²) in [6.07, 6.45) is 3.93.